The lowest BCUT2D eigenvalue weighted by Gasteiger charge is -2.30. The predicted octanol–water partition coefficient (Wildman–Crippen LogP) is 4.27. The highest BCUT2D eigenvalue weighted by molar-refractivity contribution is 7.20. The normalized spacial score (nSPS) is 17.7. The molecule has 29 heavy (non-hydrogen) atoms. The van der Waals surface area contributed by atoms with Crippen molar-refractivity contribution in [2.24, 2.45) is 11.7 Å². The van der Waals surface area contributed by atoms with Crippen LogP contribution in [0.25, 0.3) is 21.1 Å². The van der Waals surface area contributed by atoms with Gasteiger partial charge in [-0.1, -0.05) is 23.5 Å². The van der Waals surface area contributed by atoms with Crippen molar-refractivity contribution in [2.45, 2.75) is 19.4 Å². The van der Waals surface area contributed by atoms with E-state index in [4.69, 9.17) is 10.5 Å². The standard InChI is InChI=1S/C22H22N4O2S/c23-21(27)14-4-3-9-26(12-14)13-15-11-24-19-10-16(7-8-17(15)19)28-22-25-18-5-1-2-6-20(18)29-22/h1-2,5-8,10-11,14,24H,3-4,9,12-13H2,(H2,23,27). The first kappa shape index (κ1) is 18.1. The number of nitrogens with zero attached hydrogens (tertiary/aromatic N) is 2. The second-order valence-electron chi connectivity index (χ2n) is 7.55. The van der Waals surface area contributed by atoms with E-state index in [0.717, 1.165) is 54.0 Å². The number of nitrogens with two attached hydrogens (primary N) is 1. The summed E-state index contributed by atoms with van der Waals surface area (Å²) in [6.45, 7) is 2.54. The van der Waals surface area contributed by atoms with Gasteiger partial charge in [-0.15, -0.1) is 0 Å². The number of nitrogens with one attached hydrogen (secondary N) is 1. The molecule has 6 nitrogen and oxygen atoms in total. The second kappa shape index (κ2) is 7.50. The van der Waals surface area contributed by atoms with E-state index in [1.165, 1.54) is 10.9 Å². The van der Waals surface area contributed by atoms with E-state index in [2.05, 4.69) is 20.9 Å². The van der Waals surface area contributed by atoms with Gasteiger partial charge in [0.05, 0.1) is 16.1 Å². The Balaban J connectivity index is 1.33. The van der Waals surface area contributed by atoms with E-state index in [-0.39, 0.29) is 11.8 Å². The van der Waals surface area contributed by atoms with Gasteiger partial charge in [-0.2, -0.15) is 0 Å². The molecule has 0 saturated carbocycles. The van der Waals surface area contributed by atoms with Crippen LogP contribution in [0.5, 0.6) is 10.9 Å². The molecule has 1 atom stereocenters. The van der Waals surface area contributed by atoms with E-state index in [1.54, 1.807) is 11.3 Å². The quantitative estimate of drug-likeness (QED) is 0.518. The van der Waals surface area contributed by atoms with Gasteiger partial charge < -0.3 is 15.5 Å². The number of fused-ring (bicyclic) bond motifs is 2. The lowest BCUT2D eigenvalue weighted by atomic mass is 9.97. The van der Waals surface area contributed by atoms with Gasteiger partial charge >= 0.3 is 0 Å². The Kier molecular flexibility index (Phi) is 4.69. The molecule has 1 fully saturated rings. The molecule has 0 spiro atoms. The molecule has 3 heterocycles. The molecule has 1 aliphatic rings. The number of benzene rings is 2. The Hall–Kier alpha value is -2.90. The summed E-state index contributed by atoms with van der Waals surface area (Å²) in [6, 6.07) is 14.1. The molecular formula is C22H22N4O2S. The average Bonchev–Trinajstić information content (AvgIpc) is 3.31. The lowest BCUT2D eigenvalue weighted by Crippen LogP contribution is -2.40. The zero-order valence-electron chi connectivity index (χ0n) is 15.9. The minimum absolute atomic E-state index is 0.0391. The van der Waals surface area contributed by atoms with E-state index in [1.807, 2.05) is 42.6 Å². The van der Waals surface area contributed by atoms with Crippen molar-refractivity contribution in [3.63, 3.8) is 0 Å². The monoisotopic (exact) mass is 406 g/mol. The summed E-state index contributed by atoms with van der Waals surface area (Å²) in [5, 5.41) is 1.81. The van der Waals surface area contributed by atoms with Crippen LogP contribution in [0.4, 0.5) is 0 Å². The number of amides is 1. The van der Waals surface area contributed by atoms with Crippen LogP contribution in [0.3, 0.4) is 0 Å². The number of aromatic amines is 1. The lowest BCUT2D eigenvalue weighted by molar-refractivity contribution is -0.123. The summed E-state index contributed by atoms with van der Waals surface area (Å²) in [4.78, 5) is 21.7. The van der Waals surface area contributed by atoms with E-state index < -0.39 is 0 Å². The zero-order valence-corrected chi connectivity index (χ0v) is 16.7. The van der Waals surface area contributed by atoms with Gasteiger partial charge in [0.2, 0.25) is 5.91 Å². The number of para-hydroxylation sites is 1. The third-order valence-electron chi connectivity index (χ3n) is 5.52. The van der Waals surface area contributed by atoms with Crippen LogP contribution in [0.2, 0.25) is 0 Å². The number of likely N-dealkylation sites (tertiary alicyclic amines) is 1. The van der Waals surface area contributed by atoms with Crippen LogP contribution >= 0.6 is 11.3 Å². The first-order valence-electron chi connectivity index (χ1n) is 9.81. The summed E-state index contributed by atoms with van der Waals surface area (Å²) in [5.41, 5.74) is 8.71. The topological polar surface area (TPSA) is 84.2 Å². The van der Waals surface area contributed by atoms with Crippen molar-refractivity contribution in [2.75, 3.05) is 13.1 Å². The molecule has 4 aromatic rings. The minimum atomic E-state index is -0.190. The van der Waals surface area contributed by atoms with Gasteiger partial charge in [-0.3, -0.25) is 9.69 Å². The fourth-order valence-corrected chi connectivity index (χ4v) is 4.86. The number of ether oxygens (including phenoxy) is 1. The largest absolute Gasteiger partial charge is 0.431 e. The number of thiazole rings is 1. The molecule has 1 unspecified atom stereocenters. The Morgan fingerprint density at radius 2 is 2.21 bits per heavy atom. The highest BCUT2D eigenvalue weighted by Gasteiger charge is 2.24. The number of carbonyl (C=O) groups excluding carboxylic acids is 1. The van der Waals surface area contributed by atoms with Gasteiger partial charge in [-0.05, 0) is 49.2 Å². The van der Waals surface area contributed by atoms with Gasteiger partial charge in [0.15, 0.2) is 0 Å². The van der Waals surface area contributed by atoms with Gasteiger partial charge in [0, 0.05) is 36.3 Å². The Morgan fingerprint density at radius 3 is 3.07 bits per heavy atom. The molecule has 0 aliphatic carbocycles. The fourth-order valence-electron chi connectivity index (χ4n) is 4.03. The average molecular weight is 407 g/mol. The van der Waals surface area contributed by atoms with Crippen LogP contribution in [0, 0.1) is 5.92 Å². The third-order valence-corrected chi connectivity index (χ3v) is 6.43. The first-order chi connectivity index (χ1) is 14.2. The number of piperidine rings is 1. The number of hydrogen-bond acceptors (Lipinski definition) is 5. The summed E-state index contributed by atoms with van der Waals surface area (Å²) < 4.78 is 7.11. The highest BCUT2D eigenvalue weighted by Crippen LogP contribution is 2.33. The maximum atomic E-state index is 11.5. The fraction of sp³-hybridized carbons (Fsp3) is 0.273. The molecule has 3 N–H and O–H groups in total. The van der Waals surface area contributed by atoms with Crippen LogP contribution in [-0.4, -0.2) is 33.9 Å². The summed E-state index contributed by atoms with van der Waals surface area (Å²) >= 11 is 1.54. The molecule has 2 aromatic heterocycles. The highest BCUT2D eigenvalue weighted by atomic mass is 32.1. The zero-order chi connectivity index (χ0) is 19.8. The van der Waals surface area contributed by atoms with Crippen molar-refractivity contribution in [3.05, 3.63) is 54.2 Å². The molecule has 0 radical (unpaired) electrons. The van der Waals surface area contributed by atoms with Crippen molar-refractivity contribution in [1.29, 1.82) is 0 Å². The summed E-state index contributed by atoms with van der Waals surface area (Å²) in [6.07, 6.45) is 3.95. The molecule has 1 saturated heterocycles. The number of hydrogen-bond donors (Lipinski definition) is 2. The van der Waals surface area contributed by atoms with E-state index >= 15 is 0 Å². The van der Waals surface area contributed by atoms with E-state index in [0.29, 0.717) is 5.19 Å². The molecule has 5 rings (SSSR count). The summed E-state index contributed by atoms with van der Waals surface area (Å²) in [5.74, 6) is 0.532. The second-order valence-corrected chi connectivity index (χ2v) is 8.54. The molecule has 0 bridgehead atoms. The molecule has 7 heteroatoms. The maximum Gasteiger partial charge on any atom is 0.279 e. The van der Waals surface area contributed by atoms with Gasteiger partial charge in [-0.25, -0.2) is 4.98 Å². The number of carbonyl (C=O) groups is 1. The molecule has 148 valence electrons. The number of aromatic nitrogens is 2. The Morgan fingerprint density at radius 1 is 1.31 bits per heavy atom. The van der Waals surface area contributed by atoms with Crippen LogP contribution < -0.4 is 10.5 Å². The maximum absolute atomic E-state index is 11.5. The predicted molar refractivity (Wildman–Crippen MR) is 115 cm³/mol. The number of primary amides is 1. The number of H-pyrrole nitrogens is 1. The van der Waals surface area contributed by atoms with Crippen LogP contribution in [0.15, 0.2) is 48.7 Å². The van der Waals surface area contributed by atoms with Gasteiger partial charge in [0.25, 0.3) is 5.19 Å². The van der Waals surface area contributed by atoms with Crippen molar-refractivity contribution < 1.29 is 9.53 Å². The van der Waals surface area contributed by atoms with Crippen molar-refractivity contribution >= 4 is 38.4 Å². The van der Waals surface area contributed by atoms with Crippen LogP contribution in [0.1, 0.15) is 18.4 Å². The first-order valence-corrected chi connectivity index (χ1v) is 10.6. The van der Waals surface area contributed by atoms with Crippen molar-refractivity contribution in [1.82, 2.24) is 14.9 Å². The van der Waals surface area contributed by atoms with E-state index in [9.17, 15) is 4.79 Å². The third kappa shape index (κ3) is 3.71. The SMILES string of the molecule is NC(=O)C1CCCN(Cc2c[nH]c3cc(Oc4nc5ccccc5s4)ccc23)C1. The number of rotatable bonds is 5. The van der Waals surface area contributed by atoms with Crippen LogP contribution in [-0.2, 0) is 11.3 Å². The Bertz CT molecular complexity index is 1150. The van der Waals surface area contributed by atoms with Crippen molar-refractivity contribution in [3.8, 4) is 10.9 Å². The minimum Gasteiger partial charge on any atom is -0.431 e. The molecule has 1 amide bonds. The molecule has 1 aliphatic heterocycles. The molecular weight excluding hydrogens is 384 g/mol. The summed E-state index contributed by atoms with van der Waals surface area (Å²) in [7, 11) is 0. The van der Waals surface area contributed by atoms with Gasteiger partial charge in [0.1, 0.15) is 5.75 Å². The Labute approximate surface area is 172 Å². The molecule has 2 aromatic carbocycles. The smallest absolute Gasteiger partial charge is 0.279 e.